The van der Waals surface area contributed by atoms with Crippen LogP contribution in [-0.4, -0.2) is 35.1 Å². The largest absolute Gasteiger partial charge is 0.247 e. The van der Waals surface area contributed by atoms with Crippen LogP contribution in [0.25, 0.3) is 34.2 Å². The summed E-state index contributed by atoms with van der Waals surface area (Å²) >= 11 is 11.3. The van der Waals surface area contributed by atoms with E-state index in [0.717, 1.165) is 16.7 Å². The van der Waals surface area contributed by atoms with Crippen molar-refractivity contribution >= 4 is 140 Å². The van der Waals surface area contributed by atoms with Gasteiger partial charge in [-0.3, -0.25) is 0 Å². The fourth-order valence-corrected chi connectivity index (χ4v) is 19.0. The van der Waals surface area contributed by atoms with Crippen molar-refractivity contribution in [2.45, 2.75) is 58.7 Å². The van der Waals surface area contributed by atoms with Crippen molar-refractivity contribution in [1.82, 2.24) is 15.0 Å². The van der Waals surface area contributed by atoms with Crippen molar-refractivity contribution in [3.05, 3.63) is 182 Å². The zero-order chi connectivity index (χ0) is 44.9. The predicted octanol–water partition coefficient (Wildman–Crippen LogP) is 9.21. The lowest BCUT2D eigenvalue weighted by molar-refractivity contribution is 1.06. The second-order valence-corrected chi connectivity index (χ2v) is 24.4. The average Bonchev–Trinajstić information content (AvgIpc) is 3.40. The van der Waals surface area contributed by atoms with Crippen LogP contribution in [0.5, 0.6) is 0 Å². The molecule has 0 radical (unpaired) electrons. The quantitative estimate of drug-likeness (QED) is 0.161. The molecule has 69 heavy (non-hydrogen) atoms. The van der Waals surface area contributed by atoms with Gasteiger partial charge in [-0.2, -0.15) is 0 Å². The van der Waals surface area contributed by atoms with E-state index in [1.165, 1.54) is 108 Å². The van der Waals surface area contributed by atoms with Crippen LogP contribution < -0.4 is 49.2 Å². The van der Waals surface area contributed by atoms with Crippen LogP contribution in [0.15, 0.2) is 241 Å². The van der Waals surface area contributed by atoms with Gasteiger partial charge < -0.3 is 0 Å². The summed E-state index contributed by atoms with van der Waals surface area (Å²) in [5.74, 6) is 2.08. The number of hydrogen-bond donors (Lipinski definition) is 0. The van der Waals surface area contributed by atoms with E-state index in [2.05, 4.69) is 182 Å². The van der Waals surface area contributed by atoms with Gasteiger partial charge in [0.05, 0.1) is 0 Å². The lowest BCUT2D eigenvalue weighted by Crippen LogP contribution is -2.58. The van der Waals surface area contributed by atoms with E-state index in [1.54, 1.807) is 0 Å². The number of hydrogen-bond acceptors (Lipinski definition) is 9. The molecular formula is C57H30B3N3S6. The molecule has 0 fully saturated rings. The van der Waals surface area contributed by atoms with Gasteiger partial charge in [0.1, 0.15) is 0 Å². The Morgan fingerprint density at radius 1 is 0.232 bits per heavy atom. The smallest absolute Gasteiger partial charge is 0.208 e. The summed E-state index contributed by atoms with van der Waals surface area (Å²) in [6.45, 7) is 0.344. The lowest BCUT2D eigenvalue weighted by atomic mass is 9.36. The molecular weight excluding hydrogens is 951 g/mol. The third kappa shape index (κ3) is 5.94. The molecule has 0 N–H and O–H groups in total. The van der Waals surface area contributed by atoms with E-state index in [1.807, 2.05) is 70.6 Å². The molecule has 12 heteroatoms. The second-order valence-electron chi connectivity index (χ2n) is 18.0. The highest BCUT2D eigenvalue weighted by atomic mass is 32.2. The van der Waals surface area contributed by atoms with Crippen LogP contribution in [0.2, 0.25) is 0 Å². The first kappa shape index (κ1) is 40.1. The number of benzene rings is 9. The fraction of sp³-hybridized carbons (Fsp3) is 0. The molecule has 6 aliphatic rings. The minimum Gasteiger partial charge on any atom is -0.208 e. The van der Waals surface area contributed by atoms with E-state index in [-0.39, 0.29) is 20.1 Å². The van der Waals surface area contributed by atoms with Crippen LogP contribution >= 0.6 is 70.6 Å². The van der Waals surface area contributed by atoms with Gasteiger partial charge in [0.2, 0.25) is 20.1 Å². The van der Waals surface area contributed by atoms with E-state index in [9.17, 15) is 0 Å². The molecule has 0 aliphatic carbocycles. The summed E-state index contributed by atoms with van der Waals surface area (Å²) in [7, 11) is 0. The van der Waals surface area contributed by atoms with Gasteiger partial charge >= 0.3 is 0 Å². The molecule has 10 aromatic rings. The molecule has 6 aliphatic heterocycles. The highest BCUT2D eigenvalue weighted by Crippen LogP contribution is 2.46. The summed E-state index contributed by atoms with van der Waals surface area (Å²) in [6.07, 6.45) is 0. The topological polar surface area (TPSA) is 38.7 Å². The molecule has 0 atom stereocenters. The first-order valence-corrected chi connectivity index (χ1v) is 28.0. The van der Waals surface area contributed by atoms with E-state index in [0.29, 0.717) is 17.5 Å². The van der Waals surface area contributed by atoms with E-state index in [4.69, 9.17) is 15.0 Å². The van der Waals surface area contributed by atoms with Gasteiger partial charge in [-0.25, -0.2) is 15.0 Å². The Labute approximate surface area is 426 Å². The van der Waals surface area contributed by atoms with Gasteiger partial charge in [-0.05, 0) is 71.0 Å². The molecule has 0 unspecified atom stereocenters. The van der Waals surface area contributed by atoms with Crippen molar-refractivity contribution in [3.8, 4) is 34.2 Å². The normalized spacial score (nSPS) is 14.5. The van der Waals surface area contributed by atoms with Gasteiger partial charge in [-0.15, -0.1) is 0 Å². The number of nitrogens with zero attached hydrogens (tertiary/aromatic N) is 3. The zero-order valence-corrected chi connectivity index (χ0v) is 41.2. The van der Waals surface area contributed by atoms with Gasteiger partial charge in [0, 0.05) is 75.4 Å². The monoisotopic (exact) mass is 981 g/mol. The molecule has 0 saturated carbocycles. The molecule has 0 amide bonds. The van der Waals surface area contributed by atoms with Crippen LogP contribution in [0.4, 0.5) is 0 Å². The summed E-state index contributed by atoms with van der Waals surface area (Å²) in [5.41, 5.74) is 15.3. The molecule has 1 aromatic heterocycles. The maximum atomic E-state index is 5.64. The predicted molar refractivity (Wildman–Crippen MR) is 293 cm³/mol. The van der Waals surface area contributed by atoms with Gasteiger partial charge in [0.15, 0.2) is 17.5 Å². The Morgan fingerprint density at radius 3 is 0.797 bits per heavy atom. The standard InChI is InChI=1S/C57H30B3N3S6/c1-4-22-40-34(16-1)58-37-19-7-13-31(52(37)67-46-28-10-25-43(64-40)49(46)58)55-61-56(32-14-8-20-38-53(32)68-47-29-11-26-44-50(47)59(38)35-17-2-5-23-41(35)65-44)63-57(62-55)33-15-9-21-39-54(33)69-48-30-12-27-45-51(48)60(39)36-18-3-6-24-42(36)66-45/h1-30H. The lowest BCUT2D eigenvalue weighted by Gasteiger charge is -2.34. The van der Waals surface area contributed by atoms with Gasteiger partial charge in [0.25, 0.3) is 0 Å². The second kappa shape index (κ2) is 15.4. The maximum absolute atomic E-state index is 5.64. The van der Waals surface area contributed by atoms with Crippen LogP contribution in [0.1, 0.15) is 0 Å². The highest BCUT2D eigenvalue weighted by Gasteiger charge is 2.42. The van der Waals surface area contributed by atoms with Crippen molar-refractivity contribution in [1.29, 1.82) is 0 Å². The molecule has 16 rings (SSSR count). The Balaban J connectivity index is 0.935. The Hall–Kier alpha value is -5.72. The van der Waals surface area contributed by atoms with Gasteiger partial charge in [-0.1, -0.05) is 231 Å². The van der Waals surface area contributed by atoms with Crippen molar-refractivity contribution < 1.29 is 0 Å². The molecule has 7 heterocycles. The minimum atomic E-state index is 0.115. The number of fused-ring (bicyclic) bond motifs is 12. The first-order valence-electron chi connectivity index (χ1n) is 23.1. The third-order valence-electron chi connectivity index (χ3n) is 14.4. The van der Waals surface area contributed by atoms with Crippen LogP contribution in [-0.2, 0) is 0 Å². The summed E-state index contributed by atoms with van der Waals surface area (Å²) in [5, 5.41) is 0. The summed E-state index contributed by atoms with van der Waals surface area (Å²) in [4.78, 5) is 32.4. The maximum Gasteiger partial charge on any atom is 0.247 e. The SMILES string of the molecule is c1ccc2c(c1)Sc1cccc3c1B2c1cccc(-c2nc(-c4cccc5c4Sc4cccc6c4B5c4ccccc4S6)nc(-c4cccc5c4Sc4cccc6c4B5c4ccccc4S6)n2)c1S3. The van der Waals surface area contributed by atoms with Crippen LogP contribution in [0.3, 0.4) is 0 Å². The van der Waals surface area contributed by atoms with E-state index >= 15 is 0 Å². The first-order chi connectivity index (χ1) is 34.2. The molecule has 0 saturated heterocycles. The van der Waals surface area contributed by atoms with Crippen molar-refractivity contribution in [2.75, 3.05) is 0 Å². The summed E-state index contributed by atoms with van der Waals surface area (Å²) < 4.78 is 0. The Kier molecular flexibility index (Phi) is 8.94. The molecule has 0 bridgehead atoms. The third-order valence-corrected chi connectivity index (χ3v) is 21.6. The Bertz CT molecular complexity index is 3530. The summed E-state index contributed by atoms with van der Waals surface area (Å²) in [6, 6.07) is 67.6. The average molecular weight is 982 g/mol. The zero-order valence-electron chi connectivity index (χ0n) is 36.3. The van der Waals surface area contributed by atoms with Crippen molar-refractivity contribution in [2.24, 2.45) is 0 Å². The van der Waals surface area contributed by atoms with Crippen molar-refractivity contribution in [3.63, 3.8) is 0 Å². The number of aromatic nitrogens is 3. The molecule has 0 spiro atoms. The van der Waals surface area contributed by atoms with Crippen LogP contribution in [0, 0.1) is 0 Å². The molecule has 3 nitrogen and oxygen atoms in total. The highest BCUT2D eigenvalue weighted by molar-refractivity contribution is 8.02. The Morgan fingerprint density at radius 2 is 0.478 bits per heavy atom. The molecule has 318 valence electrons. The fourth-order valence-electron chi connectivity index (χ4n) is 11.5. The van der Waals surface area contributed by atoms with E-state index < -0.39 is 0 Å². The number of rotatable bonds is 3. The minimum absolute atomic E-state index is 0.115. The molecule has 9 aromatic carbocycles.